The molecule has 1 fully saturated rings. The van der Waals surface area contributed by atoms with Crippen LogP contribution in [0.4, 0.5) is 0 Å². The fourth-order valence-corrected chi connectivity index (χ4v) is 3.17. The van der Waals surface area contributed by atoms with E-state index in [9.17, 15) is 4.79 Å². The molecule has 0 aromatic heterocycles. The first-order chi connectivity index (χ1) is 9.95. The van der Waals surface area contributed by atoms with Crippen LogP contribution in [0.25, 0.3) is 0 Å². The number of benzene rings is 1. The normalized spacial score (nSPS) is 19.8. The standard InChI is InChI=1S/C16H22Cl2N2O/c1-11(2)19-16(21)13-4-3-7-20(10-13)9-12-5-6-14(17)8-15(12)18/h5-6,8,11,13H,3-4,7,9-10H2,1-2H3,(H,19,21). The van der Waals surface area contributed by atoms with E-state index in [0.717, 1.165) is 38.0 Å². The van der Waals surface area contributed by atoms with Crippen molar-refractivity contribution in [2.45, 2.75) is 39.3 Å². The molecule has 0 aliphatic carbocycles. The molecule has 1 N–H and O–H groups in total. The highest BCUT2D eigenvalue weighted by Crippen LogP contribution is 2.25. The van der Waals surface area contributed by atoms with Gasteiger partial charge in [0.15, 0.2) is 0 Å². The Morgan fingerprint density at radius 3 is 2.86 bits per heavy atom. The van der Waals surface area contributed by atoms with E-state index in [1.54, 1.807) is 6.07 Å². The number of nitrogens with zero attached hydrogens (tertiary/aromatic N) is 1. The van der Waals surface area contributed by atoms with Crippen LogP contribution in [0.3, 0.4) is 0 Å². The highest BCUT2D eigenvalue weighted by Gasteiger charge is 2.26. The van der Waals surface area contributed by atoms with E-state index < -0.39 is 0 Å². The van der Waals surface area contributed by atoms with E-state index in [1.165, 1.54) is 0 Å². The van der Waals surface area contributed by atoms with Crippen LogP contribution < -0.4 is 5.32 Å². The van der Waals surface area contributed by atoms with Crippen molar-refractivity contribution in [2.24, 2.45) is 5.92 Å². The zero-order valence-electron chi connectivity index (χ0n) is 12.5. The predicted molar refractivity (Wildman–Crippen MR) is 87.7 cm³/mol. The maximum atomic E-state index is 12.1. The van der Waals surface area contributed by atoms with Crippen LogP contribution >= 0.6 is 23.2 Å². The van der Waals surface area contributed by atoms with E-state index >= 15 is 0 Å². The summed E-state index contributed by atoms with van der Waals surface area (Å²) >= 11 is 12.1. The summed E-state index contributed by atoms with van der Waals surface area (Å²) in [5, 5.41) is 4.35. The molecular formula is C16H22Cl2N2O. The lowest BCUT2D eigenvalue weighted by atomic mass is 9.96. The number of likely N-dealkylation sites (tertiary alicyclic amines) is 1. The predicted octanol–water partition coefficient (Wildman–Crippen LogP) is 3.73. The first kappa shape index (κ1) is 16.6. The number of hydrogen-bond acceptors (Lipinski definition) is 2. The van der Waals surface area contributed by atoms with Crippen LogP contribution in [0.15, 0.2) is 18.2 Å². The molecule has 1 aliphatic heterocycles. The minimum Gasteiger partial charge on any atom is -0.354 e. The molecule has 5 heteroatoms. The highest BCUT2D eigenvalue weighted by atomic mass is 35.5. The van der Waals surface area contributed by atoms with Crippen molar-refractivity contribution in [1.82, 2.24) is 10.2 Å². The molecule has 1 aliphatic rings. The minimum atomic E-state index is 0.0761. The number of halogens is 2. The molecule has 1 amide bonds. The van der Waals surface area contributed by atoms with E-state index in [-0.39, 0.29) is 17.9 Å². The summed E-state index contributed by atoms with van der Waals surface area (Å²) in [6, 6.07) is 5.78. The van der Waals surface area contributed by atoms with Gasteiger partial charge in [-0.25, -0.2) is 0 Å². The average Bonchev–Trinajstić information content (AvgIpc) is 2.41. The summed E-state index contributed by atoms with van der Waals surface area (Å²) in [7, 11) is 0. The van der Waals surface area contributed by atoms with E-state index in [0.29, 0.717) is 10.0 Å². The molecule has 0 bridgehead atoms. The number of nitrogens with one attached hydrogen (secondary N) is 1. The summed E-state index contributed by atoms with van der Waals surface area (Å²) in [5.41, 5.74) is 1.06. The maximum Gasteiger partial charge on any atom is 0.224 e. The average molecular weight is 329 g/mol. The van der Waals surface area contributed by atoms with Gasteiger partial charge >= 0.3 is 0 Å². The second-order valence-corrected chi connectivity index (χ2v) is 6.82. The number of amides is 1. The number of rotatable bonds is 4. The minimum absolute atomic E-state index is 0.0761. The van der Waals surface area contributed by atoms with Crippen molar-refractivity contribution in [3.8, 4) is 0 Å². The van der Waals surface area contributed by atoms with Crippen LogP contribution in [0.2, 0.25) is 10.0 Å². The third-order valence-electron chi connectivity index (χ3n) is 3.72. The first-order valence-corrected chi connectivity index (χ1v) is 8.18. The number of carbonyl (C=O) groups is 1. The van der Waals surface area contributed by atoms with Gasteiger partial charge in [-0.1, -0.05) is 29.3 Å². The zero-order chi connectivity index (χ0) is 15.4. The van der Waals surface area contributed by atoms with Crippen molar-refractivity contribution < 1.29 is 4.79 Å². The first-order valence-electron chi connectivity index (χ1n) is 7.42. The van der Waals surface area contributed by atoms with Crippen LogP contribution in [-0.4, -0.2) is 29.9 Å². The third-order valence-corrected chi connectivity index (χ3v) is 4.30. The van der Waals surface area contributed by atoms with Crippen LogP contribution in [-0.2, 0) is 11.3 Å². The molecular weight excluding hydrogens is 307 g/mol. The van der Waals surface area contributed by atoms with Gasteiger partial charge in [0.2, 0.25) is 5.91 Å². The molecule has 0 spiro atoms. The van der Waals surface area contributed by atoms with Gasteiger partial charge in [-0.2, -0.15) is 0 Å². The van der Waals surface area contributed by atoms with Crippen molar-refractivity contribution in [3.05, 3.63) is 33.8 Å². The monoisotopic (exact) mass is 328 g/mol. The Kier molecular flexibility index (Phi) is 5.91. The summed E-state index contributed by atoms with van der Waals surface area (Å²) in [6.45, 7) is 6.54. The molecule has 3 nitrogen and oxygen atoms in total. The second-order valence-electron chi connectivity index (χ2n) is 5.97. The Hall–Kier alpha value is -0.770. The lowest BCUT2D eigenvalue weighted by molar-refractivity contribution is -0.127. The third kappa shape index (κ3) is 4.87. The molecule has 1 atom stereocenters. The van der Waals surface area contributed by atoms with Gasteiger partial charge in [-0.3, -0.25) is 9.69 Å². The zero-order valence-corrected chi connectivity index (χ0v) is 14.0. The van der Waals surface area contributed by atoms with E-state index in [1.807, 2.05) is 26.0 Å². The Balaban J connectivity index is 1.96. The molecule has 1 unspecified atom stereocenters. The number of carbonyl (C=O) groups excluding carboxylic acids is 1. The van der Waals surface area contributed by atoms with Crippen molar-refractivity contribution in [2.75, 3.05) is 13.1 Å². The lowest BCUT2D eigenvalue weighted by Crippen LogP contribution is -2.44. The van der Waals surface area contributed by atoms with Crippen LogP contribution in [0.5, 0.6) is 0 Å². The van der Waals surface area contributed by atoms with Crippen molar-refractivity contribution in [1.29, 1.82) is 0 Å². The molecule has 1 aromatic rings. The molecule has 1 aromatic carbocycles. The molecule has 0 radical (unpaired) electrons. The van der Waals surface area contributed by atoms with Gasteiger partial charge < -0.3 is 5.32 Å². The molecule has 2 rings (SSSR count). The van der Waals surface area contributed by atoms with Gasteiger partial charge in [0, 0.05) is 29.2 Å². The van der Waals surface area contributed by atoms with Gasteiger partial charge in [-0.05, 0) is 50.9 Å². The van der Waals surface area contributed by atoms with Crippen LogP contribution in [0, 0.1) is 5.92 Å². The van der Waals surface area contributed by atoms with Gasteiger partial charge in [-0.15, -0.1) is 0 Å². The highest BCUT2D eigenvalue weighted by molar-refractivity contribution is 6.35. The molecule has 21 heavy (non-hydrogen) atoms. The maximum absolute atomic E-state index is 12.1. The summed E-state index contributed by atoms with van der Waals surface area (Å²) in [4.78, 5) is 14.4. The van der Waals surface area contributed by atoms with E-state index in [2.05, 4.69) is 10.2 Å². The van der Waals surface area contributed by atoms with E-state index in [4.69, 9.17) is 23.2 Å². The number of piperidine rings is 1. The summed E-state index contributed by atoms with van der Waals surface area (Å²) in [5.74, 6) is 0.240. The topological polar surface area (TPSA) is 32.3 Å². The van der Waals surface area contributed by atoms with Crippen molar-refractivity contribution in [3.63, 3.8) is 0 Å². The van der Waals surface area contributed by atoms with Gasteiger partial charge in [0.1, 0.15) is 0 Å². The Bertz CT molecular complexity index is 505. The number of hydrogen-bond donors (Lipinski definition) is 1. The summed E-state index contributed by atoms with van der Waals surface area (Å²) < 4.78 is 0. The molecule has 0 saturated carbocycles. The molecule has 116 valence electrons. The lowest BCUT2D eigenvalue weighted by Gasteiger charge is -2.32. The quantitative estimate of drug-likeness (QED) is 0.913. The van der Waals surface area contributed by atoms with Crippen molar-refractivity contribution >= 4 is 29.1 Å². The largest absolute Gasteiger partial charge is 0.354 e. The second kappa shape index (κ2) is 7.48. The van der Waals surface area contributed by atoms with Gasteiger partial charge in [0.25, 0.3) is 0 Å². The Labute approximate surface area is 136 Å². The molecule has 1 saturated heterocycles. The smallest absolute Gasteiger partial charge is 0.224 e. The molecule has 1 heterocycles. The fourth-order valence-electron chi connectivity index (χ4n) is 2.71. The summed E-state index contributed by atoms with van der Waals surface area (Å²) in [6.07, 6.45) is 2.00. The Morgan fingerprint density at radius 2 is 2.19 bits per heavy atom. The SMILES string of the molecule is CC(C)NC(=O)C1CCCN(Cc2ccc(Cl)cc2Cl)C1. The van der Waals surface area contributed by atoms with Crippen LogP contribution in [0.1, 0.15) is 32.3 Å². The fraction of sp³-hybridized carbons (Fsp3) is 0.562. The Morgan fingerprint density at radius 1 is 1.43 bits per heavy atom. The van der Waals surface area contributed by atoms with Gasteiger partial charge in [0.05, 0.1) is 5.92 Å².